The van der Waals surface area contributed by atoms with Gasteiger partial charge in [0.05, 0.1) is 0 Å². The van der Waals surface area contributed by atoms with E-state index in [2.05, 4.69) is 9.97 Å². The molecule has 0 spiro atoms. The largest absolute Gasteiger partial charge is 0.361 e. The molecule has 0 amide bonds. The van der Waals surface area contributed by atoms with E-state index in [0.29, 0.717) is 0 Å². The van der Waals surface area contributed by atoms with Gasteiger partial charge in [-0.25, -0.2) is 0 Å². The number of nitrogens with zero attached hydrogens (tertiary/aromatic N) is 1. The number of H-pyrrole nitrogens is 1. The molecule has 2 heteroatoms. The van der Waals surface area contributed by atoms with E-state index in [4.69, 9.17) is 0 Å². The van der Waals surface area contributed by atoms with Gasteiger partial charge in [-0.15, -0.1) is 0 Å². The summed E-state index contributed by atoms with van der Waals surface area (Å²) in [6.45, 7) is 12.0. The molecule has 2 nitrogen and oxygen atoms in total. The predicted molar refractivity (Wildman–Crippen MR) is 70.1 cm³/mol. The summed E-state index contributed by atoms with van der Waals surface area (Å²) in [7, 11) is 0. The van der Waals surface area contributed by atoms with Gasteiger partial charge in [0.2, 0.25) is 0 Å². The third-order valence-corrected chi connectivity index (χ3v) is 1.35. The van der Waals surface area contributed by atoms with Crippen LogP contribution in [-0.4, -0.2) is 9.97 Å². The number of fused-ring (bicyclic) bond motifs is 1. The van der Waals surface area contributed by atoms with Crippen molar-refractivity contribution in [2.24, 2.45) is 0 Å². The Morgan fingerprint density at radius 1 is 0.933 bits per heavy atom. The Kier molecular flexibility index (Phi) is 13.6. The molecular formula is C13H24N2. The maximum atomic E-state index is 3.97. The molecular weight excluding hydrogens is 184 g/mol. The third-order valence-electron chi connectivity index (χ3n) is 1.35. The van der Waals surface area contributed by atoms with Gasteiger partial charge in [0.25, 0.3) is 0 Å². The Morgan fingerprint density at radius 3 is 2.07 bits per heavy atom. The summed E-state index contributed by atoms with van der Waals surface area (Å²) in [5.74, 6) is 0. The van der Waals surface area contributed by atoms with Crippen LogP contribution in [0.15, 0.2) is 30.7 Å². The monoisotopic (exact) mass is 208 g/mol. The summed E-state index contributed by atoms with van der Waals surface area (Å²) in [5.41, 5.74) is 1.14. The van der Waals surface area contributed by atoms with Crippen LogP contribution in [0.4, 0.5) is 0 Å². The summed E-state index contributed by atoms with van der Waals surface area (Å²) in [4.78, 5) is 7.04. The maximum Gasteiger partial charge on any atom is 0.0484 e. The van der Waals surface area contributed by atoms with E-state index in [0.717, 1.165) is 10.9 Å². The fourth-order valence-electron chi connectivity index (χ4n) is 0.892. The average molecular weight is 208 g/mol. The zero-order valence-electron chi connectivity index (χ0n) is 10.8. The van der Waals surface area contributed by atoms with Crippen molar-refractivity contribution in [1.82, 2.24) is 9.97 Å². The molecule has 2 rings (SSSR count). The van der Waals surface area contributed by atoms with E-state index in [1.54, 1.807) is 6.20 Å². The second-order valence-corrected chi connectivity index (χ2v) is 1.94. The van der Waals surface area contributed by atoms with Gasteiger partial charge >= 0.3 is 0 Å². The molecule has 0 saturated heterocycles. The predicted octanol–water partition coefficient (Wildman–Crippen LogP) is 4.64. The minimum absolute atomic E-state index is 1.14. The van der Waals surface area contributed by atoms with E-state index in [1.807, 2.05) is 66.1 Å². The summed E-state index contributed by atoms with van der Waals surface area (Å²) in [5, 5.41) is 1.16. The van der Waals surface area contributed by atoms with Gasteiger partial charge in [0.15, 0.2) is 0 Å². The number of aromatic nitrogens is 2. The highest BCUT2D eigenvalue weighted by Gasteiger charge is 1.87. The van der Waals surface area contributed by atoms with Crippen molar-refractivity contribution in [3.63, 3.8) is 0 Å². The molecule has 2 heterocycles. The highest BCUT2D eigenvalue weighted by Crippen LogP contribution is 2.07. The molecule has 15 heavy (non-hydrogen) atoms. The fourth-order valence-corrected chi connectivity index (χ4v) is 0.892. The van der Waals surface area contributed by atoms with Gasteiger partial charge in [-0.1, -0.05) is 41.5 Å². The van der Waals surface area contributed by atoms with E-state index < -0.39 is 0 Å². The molecule has 0 aliphatic carbocycles. The van der Waals surface area contributed by atoms with Gasteiger partial charge < -0.3 is 4.98 Å². The van der Waals surface area contributed by atoms with Crippen LogP contribution in [-0.2, 0) is 0 Å². The first kappa shape index (κ1) is 16.1. The van der Waals surface area contributed by atoms with Gasteiger partial charge in [-0.3, -0.25) is 4.98 Å². The minimum atomic E-state index is 1.14. The van der Waals surface area contributed by atoms with Crippen LogP contribution in [0.2, 0.25) is 0 Å². The molecule has 0 atom stereocenters. The zero-order chi connectivity index (χ0) is 12.1. The first-order chi connectivity index (χ1) is 7.47. The highest BCUT2D eigenvalue weighted by atomic mass is 14.7. The summed E-state index contributed by atoms with van der Waals surface area (Å²) in [6.07, 6.45) is 5.52. The second-order valence-electron chi connectivity index (χ2n) is 1.94. The highest BCUT2D eigenvalue weighted by molar-refractivity contribution is 5.77. The van der Waals surface area contributed by atoms with Crippen LogP contribution in [0.1, 0.15) is 41.5 Å². The third kappa shape index (κ3) is 5.89. The van der Waals surface area contributed by atoms with Gasteiger partial charge in [-0.2, -0.15) is 0 Å². The van der Waals surface area contributed by atoms with Crippen molar-refractivity contribution in [2.45, 2.75) is 41.5 Å². The Morgan fingerprint density at radius 2 is 1.53 bits per heavy atom. The number of hydrogen-bond donors (Lipinski definition) is 1. The van der Waals surface area contributed by atoms with Gasteiger partial charge in [-0.05, 0) is 12.1 Å². The van der Waals surface area contributed by atoms with Crippen molar-refractivity contribution in [3.05, 3.63) is 30.7 Å². The first-order valence-electron chi connectivity index (χ1n) is 5.84. The maximum absolute atomic E-state index is 3.97. The van der Waals surface area contributed by atoms with Crippen molar-refractivity contribution in [3.8, 4) is 0 Å². The van der Waals surface area contributed by atoms with E-state index in [-0.39, 0.29) is 0 Å². The lowest BCUT2D eigenvalue weighted by Crippen LogP contribution is -1.67. The molecule has 1 N–H and O–H groups in total. The Labute approximate surface area is 93.7 Å². The van der Waals surface area contributed by atoms with Crippen molar-refractivity contribution in [2.75, 3.05) is 0 Å². The molecule has 0 aliphatic rings. The normalized spacial score (nSPS) is 7.33. The SMILES string of the molecule is CC.CC.CC.c1cc2[nH]ccc2cn1. The zero-order valence-corrected chi connectivity index (χ0v) is 10.8. The smallest absolute Gasteiger partial charge is 0.0484 e. The number of hydrogen-bond acceptors (Lipinski definition) is 1. The molecule has 86 valence electrons. The van der Waals surface area contributed by atoms with E-state index >= 15 is 0 Å². The Hall–Kier alpha value is -1.31. The lowest BCUT2D eigenvalue weighted by atomic mass is 10.3. The van der Waals surface area contributed by atoms with Crippen LogP contribution in [0.25, 0.3) is 10.9 Å². The molecule has 0 fully saturated rings. The summed E-state index contributed by atoms with van der Waals surface area (Å²) < 4.78 is 0. The quantitative estimate of drug-likeness (QED) is 0.671. The van der Waals surface area contributed by atoms with Gasteiger partial charge in [0, 0.05) is 29.5 Å². The van der Waals surface area contributed by atoms with Gasteiger partial charge in [0.1, 0.15) is 0 Å². The molecule has 0 aliphatic heterocycles. The first-order valence-corrected chi connectivity index (χ1v) is 5.84. The van der Waals surface area contributed by atoms with Crippen LogP contribution in [0.5, 0.6) is 0 Å². The van der Waals surface area contributed by atoms with Crippen molar-refractivity contribution < 1.29 is 0 Å². The molecule has 2 aromatic heterocycles. The lowest BCUT2D eigenvalue weighted by molar-refractivity contribution is 1.36. The summed E-state index contributed by atoms with van der Waals surface area (Å²) in [6, 6.07) is 3.96. The molecule has 0 unspecified atom stereocenters. The lowest BCUT2D eigenvalue weighted by Gasteiger charge is -1.82. The minimum Gasteiger partial charge on any atom is -0.361 e. The number of rotatable bonds is 0. The van der Waals surface area contributed by atoms with Crippen LogP contribution >= 0.6 is 0 Å². The molecule has 0 aromatic carbocycles. The molecule has 0 radical (unpaired) electrons. The molecule has 0 bridgehead atoms. The van der Waals surface area contributed by atoms with Crippen molar-refractivity contribution >= 4 is 10.9 Å². The average Bonchev–Trinajstić information content (AvgIpc) is 2.85. The van der Waals surface area contributed by atoms with Crippen LogP contribution in [0, 0.1) is 0 Å². The molecule has 2 aromatic rings. The standard InChI is InChI=1S/C7H6N2.3C2H6/c1-4-9-7-2-3-8-5-6(1)7;3*1-2/h1-5,9H;3*1-2H3. The number of aromatic amines is 1. The number of pyridine rings is 1. The summed E-state index contributed by atoms with van der Waals surface area (Å²) >= 11 is 0. The second kappa shape index (κ2) is 12.7. The number of nitrogens with one attached hydrogen (secondary N) is 1. The Bertz CT molecular complexity index is 283. The van der Waals surface area contributed by atoms with Crippen molar-refractivity contribution in [1.29, 1.82) is 0 Å². The fraction of sp³-hybridized carbons (Fsp3) is 0.462. The van der Waals surface area contributed by atoms with E-state index in [9.17, 15) is 0 Å². The topological polar surface area (TPSA) is 28.7 Å². The molecule has 0 saturated carbocycles. The van der Waals surface area contributed by atoms with E-state index in [1.165, 1.54) is 0 Å². The van der Waals surface area contributed by atoms with Crippen LogP contribution in [0.3, 0.4) is 0 Å². The Balaban J connectivity index is 0. The van der Waals surface area contributed by atoms with Crippen LogP contribution < -0.4 is 0 Å².